The summed E-state index contributed by atoms with van der Waals surface area (Å²) >= 11 is 7.50. The molecule has 0 amide bonds. The maximum atomic E-state index is 5.83. The summed E-state index contributed by atoms with van der Waals surface area (Å²) in [5, 5.41) is 1.86. The molecule has 16 heavy (non-hydrogen) atoms. The maximum absolute atomic E-state index is 5.83. The lowest BCUT2D eigenvalue weighted by molar-refractivity contribution is 0.835. The zero-order chi connectivity index (χ0) is 11.5. The Morgan fingerprint density at radius 3 is 2.62 bits per heavy atom. The minimum Gasteiger partial charge on any atom is -0.323 e. The molecule has 0 fully saturated rings. The zero-order valence-electron chi connectivity index (χ0n) is 8.98. The summed E-state index contributed by atoms with van der Waals surface area (Å²) in [4.78, 5) is 5.49. The van der Waals surface area contributed by atoms with Crippen LogP contribution in [0.3, 0.4) is 0 Å². The van der Waals surface area contributed by atoms with Crippen LogP contribution >= 0.6 is 22.9 Å². The molecule has 84 valence electrons. The van der Waals surface area contributed by atoms with Crippen molar-refractivity contribution < 1.29 is 0 Å². The van der Waals surface area contributed by atoms with E-state index in [9.17, 15) is 0 Å². The lowest BCUT2D eigenvalue weighted by atomic mass is 10.2. The van der Waals surface area contributed by atoms with E-state index in [0.29, 0.717) is 0 Å². The molecule has 0 aliphatic heterocycles. The first-order valence-corrected chi connectivity index (χ1v) is 6.29. The maximum Gasteiger partial charge on any atom is 0.0972 e. The van der Waals surface area contributed by atoms with E-state index in [-0.39, 0.29) is 6.04 Å². The minimum absolute atomic E-state index is 0.0662. The van der Waals surface area contributed by atoms with Gasteiger partial charge in [-0.2, -0.15) is 0 Å². The molecule has 1 unspecified atom stereocenters. The number of benzene rings is 1. The molecule has 2 N–H and O–H groups in total. The van der Waals surface area contributed by atoms with E-state index in [4.69, 9.17) is 17.3 Å². The summed E-state index contributed by atoms with van der Waals surface area (Å²) in [6, 6.07) is 7.91. The Kier molecular flexibility index (Phi) is 3.59. The normalized spacial score (nSPS) is 12.7. The standard InChI is InChI=1S/C12H13ClN2S/c1-8(14)11-7-15-12(16-11)6-9-2-4-10(13)5-3-9/h2-5,7-8H,6,14H2,1H3. The van der Waals surface area contributed by atoms with Gasteiger partial charge in [-0.15, -0.1) is 11.3 Å². The summed E-state index contributed by atoms with van der Waals surface area (Å²) in [6.07, 6.45) is 2.70. The second-order valence-electron chi connectivity index (χ2n) is 3.75. The molecule has 0 saturated carbocycles. The highest BCUT2D eigenvalue weighted by Crippen LogP contribution is 2.21. The van der Waals surface area contributed by atoms with Gasteiger partial charge in [-0.05, 0) is 24.6 Å². The summed E-state index contributed by atoms with van der Waals surface area (Å²) in [7, 11) is 0. The summed E-state index contributed by atoms with van der Waals surface area (Å²) in [6.45, 7) is 1.97. The fourth-order valence-corrected chi connectivity index (χ4v) is 2.43. The molecule has 0 bridgehead atoms. The number of aromatic nitrogens is 1. The highest BCUT2D eigenvalue weighted by Gasteiger charge is 2.06. The Hall–Kier alpha value is -0.900. The summed E-state index contributed by atoms with van der Waals surface area (Å²) < 4.78 is 0. The smallest absolute Gasteiger partial charge is 0.0972 e. The quantitative estimate of drug-likeness (QED) is 0.909. The van der Waals surface area contributed by atoms with Crippen molar-refractivity contribution in [3.05, 3.63) is 50.9 Å². The Labute approximate surface area is 104 Å². The highest BCUT2D eigenvalue weighted by atomic mass is 35.5. The van der Waals surface area contributed by atoms with Gasteiger partial charge in [0.1, 0.15) is 0 Å². The molecule has 2 aromatic rings. The van der Waals surface area contributed by atoms with Crippen LogP contribution < -0.4 is 5.73 Å². The van der Waals surface area contributed by atoms with Gasteiger partial charge in [0, 0.05) is 28.6 Å². The third-order valence-electron chi connectivity index (χ3n) is 2.29. The van der Waals surface area contributed by atoms with Gasteiger partial charge in [-0.3, -0.25) is 0 Å². The van der Waals surface area contributed by atoms with Crippen molar-refractivity contribution in [2.45, 2.75) is 19.4 Å². The van der Waals surface area contributed by atoms with Gasteiger partial charge < -0.3 is 5.73 Å². The second-order valence-corrected chi connectivity index (χ2v) is 5.33. The monoisotopic (exact) mass is 252 g/mol. The van der Waals surface area contributed by atoms with E-state index in [2.05, 4.69) is 4.98 Å². The topological polar surface area (TPSA) is 38.9 Å². The Morgan fingerprint density at radius 1 is 1.38 bits per heavy atom. The first-order valence-electron chi connectivity index (χ1n) is 5.10. The number of hydrogen-bond donors (Lipinski definition) is 1. The van der Waals surface area contributed by atoms with Gasteiger partial charge in [0.25, 0.3) is 0 Å². The van der Waals surface area contributed by atoms with Crippen LogP contribution in [0.25, 0.3) is 0 Å². The first kappa shape index (κ1) is 11.6. The molecule has 1 heterocycles. The van der Waals surface area contributed by atoms with Crippen LogP contribution in [0, 0.1) is 0 Å². The largest absolute Gasteiger partial charge is 0.323 e. The van der Waals surface area contributed by atoms with E-state index in [0.717, 1.165) is 21.3 Å². The van der Waals surface area contributed by atoms with Crippen LogP contribution in [0.15, 0.2) is 30.5 Å². The molecule has 4 heteroatoms. The number of nitrogens with two attached hydrogens (primary N) is 1. The van der Waals surface area contributed by atoms with Crippen molar-refractivity contribution in [2.24, 2.45) is 5.73 Å². The summed E-state index contributed by atoms with van der Waals surface area (Å²) in [5.41, 5.74) is 7.01. The Morgan fingerprint density at radius 2 is 2.06 bits per heavy atom. The molecule has 2 nitrogen and oxygen atoms in total. The van der Waals surface area contributed by atoms with Crippen molar-refractivity contribution in [3.63, 3.8) is 0 Å². The molecule has 1 atom stereocenters. The van der Waals surface area contributed by atoms with E-state index in [1.807, 2.05) is 37.4 Å². The van der Waals surface area contributed by atoms with Gasteiger partial charge in [-0.25, -0.2) is 4.98 Å². The molecule has 1 aromatic heterocycles. The molecule has 0 radical (unpaired) electrons. The van der Waals surface area contributed by atoms with Crippen molar-refractivity contribution in [1.29, 1.82) is 0 Å². The third kappa shape index (κ3) is 2.82. The average Bonchev–Trinajstić information content (AvgIpc) is 2.70. The third-order valence-corrected chi connectivity index (χ3v) is 3.74. The van der Waals surface area contributed by atoms with Crippen LogP contribution in [0.2, 0.25) is 5.02 Å². The second kappa shape index (κ2) is 4.95. The Bertz CT molecular complexity index is 462. The molecule has 0 spiro atoms. The molecule has 0 saturated heterocycles. The van der Waals surface area contributed by atoms with Crippen molar-refractivity contribution in [3.8, 4) is 0 Å². The van der Waals surface area contributed by atoms with E-state index in [1.54, 1.807) is 11.3 Å². The molecule has 2 rings (SSSR count). The lowest BCUT2D eigenvalue weighted by Gasteiger charge is -1.99. The summed E-state index contributed by atoms with van der Waals surface area (Å²) in [5.74, 6) is 0. The number of thiazole rings is 1. The number of nitrogens with zero attached hydrogens (tertiary/aromatic N) is 1. The van der Waals surface area contributed by atoms with E-state index < -0.39 is 0 Å². The van der Waals surface area contributed by atoms with E-state index in [1.165, 1.54) is 5.56 Å². The SMILES string of the molecule is CC(N)c1cnc(Cc2ccc(Cl)cc2)s1. The first-order chi connectivity index (χ1) is 7.65. The van der Waals surface area contributed by atoms with E-state index >= 15 is 0 Å². The van der Waals surface area contributed by atoms with Crippen LogP contribution in [-0.4, -0.2) is 4.98 Å². The van der Waals surface area contributed by atoms with Gasteiger partial charge in [-0.1, -0.05) is 23.7 Å². The number of hydrogen-bond acceptors (Lipinski definition) is 3. The van der Waals surface area contributed by atoms with Crippen LogP contribution in [0.5, 0.6) is 0 Å². The van der Waals surface area contributed by atoms with Gasteiger partial charge >= 0.3 is 0 Å². The van der Waals surface area contributed by atoms with Gasteiger partial charge in [0.15, 0.2) is 0 Å². The van der Waals surface area contributed by atoms with Gasteiger partial charge in [0.2, 0.25) is 0 Å². The van der Waals surface area contributed by atoms with Crippen molar-refractivity contribution in [2.75, 3.05) is 0 Å². The lowest BCUT2D eigenvalue weighted by Crippen LogP contribution is -2.01. The van der Waals surface area contributed by atoms with Crippen LogP contribution in [-0.2, 0) is 6.42 Å². The fourth-order valence-electron chi connectivity index (χ4n) is 1.39. The highest BCUT2D eigenvalue weighted by molar-refractivity contribution is 7.11. The molecular formula is C12H13ClN2S. The van der Waals surface area contributed by atoms with Crippen molar-refractivity contribution >= 4 is 22.9 Å². The average molecular weight is 253 g/mol. The van der Waals surface area contributed by atoms with Crippen molar-refractivity contribution in [1.82, 2.24) is 4.98 Å². The number of halogens is 1. The molecule has 1 aromatic carbocycles. The molecule has 0 aliphatic rings. The zero-order valence-corrected chi connectivity index (χ0v) is 10.6. The predicted octanol–water partition coefficient (Wildman–Crippen LogP) is 3.41. The van der Waals surface area contributed by atoms with Gasteiger partial charge in [0.05, 0.1) is 5.01 Å². The van der Waals surface area contributed by atoms with Crippen LogP contribution in [0.1, 0.15) is 28.4 Å². The molecule has 0 aliphatic carbocycles. The molecular weight excluding hydrogens is 240 g/mol. The predicted molar refractivity (Wildman–Crippen MR) is 69.0 cm³/mol. The van der Waals surface area contributed by atoms with Crippen LogP contribution in [0.4, 0.5) is 0 Å². The fraction of sp³-hybridized carbons (Fsp3) is 0.250. The number of rotatable bonds is 3. The Balaban J connectivity index is 2.11. The minimum atomic E-state index is 0.0662.